The molecule has 92 valence electrons. The van der Waals surface area contributed by atoms with Gasteiger partial charge in [-0.1, -0.05) is 20.8 Å². The van der Waals surface area contributed by atoms with Gasteiger partial charge in [-0.3, -0.25) is 0 Å². The van der Waals surface area contributed by atoms with Crippen molar-refractivity contribution < 1.29 is 9.47 Å². The van der Waals surface area contributed by atoms with E-state index in [0.717, 1.165) is 32.5 Å². The van der Waals surface area contributed by atoms with E-state index in [1.165, 1.54) is 0 Å². The van der Waals surface area contributed by atoms with E-state index in [1.807, 2.05) is 0 Å². The third-order valence-electron chi connectivity index (χ3n) is 2.21. The second-order valence-corrected chi connectivity index (χ2v) is 4.39. The Morgan fingerprint density at radius 1 is 1.07 bits per heavy atom. The van der Waals surface area contributed by atoms with Crippen LogP contribution in [0.5, 0.6) is 0 Å². The monoisotopic (exact) mass is 217 g/mol. The fourth-order valence-corrected chi connectivity index (χ4v) is 1.19. The lowest BCUT2D eigenvalue weighted by molar-refractivity contribution is 0.0363. The Hall–Kier alpha value is -0.120. The molecule has 0 aromatic heterocycles. The number of hydrogen-bond acceptors (Lipinski definition) is 3. The fourth-order valence-electron chi connectivity index (χ4n) is 1.19. The zero-order valence-electron chi connectivity index (χ0n) is 10.5. The molecule has 0 aliphatic heterocycles. The minimum atomic E-state index is 0.339. The molecule has 0 saturated carbocycles. The Kier molecular flexibility index (Phi) is 10.3. The molecule has 1 unspecified atom stereocenters. The van der Waals surface area contributed by atoms with Crippen molar-refractivity contribution in [2.24, 2.45) is 11.7 Å². The lowest BCUT2D eigenvalue weighted by Crippen LogP contribution is -2.19. The van der Waals surface area contributed by atoms with Gasteiger partial charge in [0, 0.05) is 19.3 Å². The molecule has 0 radical (unpaired) electrons. The molecule has 3 nitrogen and oxygen atoms in total. The van der Waals surface area contributed by atoms with Crippen molar-refractivity contribution in [3.8, 4) is 0 Å². The summed E-state index contributed by atoms with van der Waals surface area (Å²) in [6.07, 6.45) is 3.17. The SMILES string of the molecule is CCC(N)CCCOCCOCC(C)C. The zero-order valence-corrected chi connectivity index (χ0v) is 10.5. The first-order valence-electron chi connectivity index (χ1n) is 6.07. The van der Waals surface area contributed by atoms with Gasteiger partial charge in [0.1, 0.15) is 0 Å². The summed E-state index contributed by atoms with van der Waals surface area (Å²) in [5.74, 6) is 0.604. The molecular formula is C12H27NO2. The molecule has 15 heavy (non-hydrogen) atoms. The van der Waals surface area contributed by atoms with Crippen LogP contribution in [0, 0.1) is 5.92 Å². The van der Waals surface area contributed by atoms with E-state index in [2.05, 4.69) is 20.8 Å². The number of hydrogen-bond donors (Lipinski definition) is 1. The Bertz CT molecular complexity index is 129. The second-order valence-electron chi connectivity index (χ2n) is 4.39. The molecule has 0 aromatic rings. The Balaban J connectivity index is 2.99. The van der Waals surface area contributed by atoms with Crippen LogP contribution in [0.15, 0.2) is 0 Å². The topological polar surface area (TPSA) is 44.5 Å². The molecule has 0 fully saturated rings. The van der Waals surface area contributed by atoms with Gasteiger partial charge in [0.05, 0.1) is 13.2 Å². The molecule has 0 spiro atoms. The highest BCUT2D eigenvalue weighted by molar-refractivity contribution is 4.57. The molecule has 0 rings (SSSR count). The van der Waals surface area contributed by atoms with Crippen molar-refractivity contribution in [1.29, 1.82) is 0 Å². The lowest BCUT2D eigenvalue weighted by atomic mass is 10.1. The van der Waals surface area contributed by atoms with Gasteiger partial charge in [0.15, 0.2) is 0 Å². The molecule has 0 bridgehead atoms. The van der Waals surface area contributed by atoms with Crippen LogP contribution in [0.3, 0.4) is 0 Å². The minimum absolute atomic E-state index is 0.339. The summed E-state index contributed by atoms with van der Waals surface area (Å²) in [5.41, 5.74) is 5.79. The molecule has 0 heterocycles. The highest BCUT2D eigenvalue weighted by atomic mass is 16.5. The molecule has 3 heteroatoms. The highest BCUT2D eigenvalue weighted by Crippen LogP contribution is 1.98. The van der Waals surface area contributed by atoms with Crippen molar-refractivity contribution in [2.45, 2.75) is 46.1 Å². The van der Waals surface area contributed by atoms with E-state index < -0.39 is 0 Å². The smallest absolute Gasteiger partial charge is 0.0700 e. The van der Waals surface area contributed by atoms with Crippen LogP contribution in [0.2, 0.25) is 0 Å². The van der Waals surface area contributed by atoms with Gasteiger partial charge in [0.2, 0.25) is 0 Å². The van der Waals surface area contributed by atoms with E-state index in [0.29, 0.717) is 25.2 Å². The summed E-state index contributed by atoms with van der Waals surface area (Å²) >= 11 is 0. The molecule has 0 saturated heterocycles. The molecule has 0 aromatic carbocycles. The van der Waals surface area contributed by atoms with E-state index >= 15 is 0 Å². The summed E-state index contributed by atoms with van der Waals surface area (Å²) < 4.78 is 10.8. The van der Waals surface area contributed by atoms with Crippen molar-refractivity contribution in [3.05, 3.63) is 0 Å². The average Bonchev–Trinajstić information content (AvgIpc) is 2.21. The number of rotatable bonds is 10. The largest absolute Gasteiger partial charge is 0.379 e. The number of nitrogens with two attached hydrogens (primary N) is 1. The Labute approximate surface area is 94.3 Å². The third-order valence-corrected chi connectivity index (χ3v) is 2.21. The predicted octanol–water partition coefficient (Wildman–Crippen LogP) is 2.19. The predicted molar refractivity (Wildman–Crippen MR) is 64.0 cm³/mol. The molecule has 0 aliphatic carbocycles. The Morgan fingerprint density at radius 2 is 1.73 bits per heavy atom. The fraction of sp³-hybridized carbons (Fsp3) is 1.00. The Morgan fingerprint density at radius 3 is 2.33 bits per heavy atom. The summed E-state index contributed by atoms with van der Waals surface area (Å²) in [6.45, 7) is 9.44. The molecule has 0 aliphatic rings. The van der Waals surface area contributed by atoms with Crippen LogP contribution in [-0.4, -0.2) is 32.5 Å². The second kappa shape index (κ2) is 10.4. The van der Waals surface area contributed by atoms with Gasteiger partial charge >= 0.3 is 0 Å². The maximum absolute atomic E-state index is 5.79. The molecule has 1 atom stereocenters. The normalized spacial score (nSPS) is 13.4. The first-order chi connectivity index (χ1) is 7.16. The number of ether oxygens (including phenoxy) is 2. The van der Waals surface area contributed by atoms with Gasteiger partial charge in [-0.25, -0.2) is 0 Å². The van der Waals surface area contributed by atoms with Gasteiger partial charge in [-0.2, -0.15) is 0 Å². The van der Waals surface area contributed by atoms with Crippen LogP contribution in [0.25, 0.3) is 0 Å². The van der Waals surface area contributed by atoms with Crippen LogP contribution >= 0.6 is 0 Å². The highest BCUT2D eigenvalue weighted by Gasteiger charge is 1.98. The van der Waals surface area contributed by atoms with Crippen LogP contribution < -0.4 is 5.73 Å². The maximum Gasteiger partial charge on any atom is 0.0700 e. The summed E-state index contributed by atoms with van der Waals surface area (Å²) in [7, 11) is 0. The van der Waals surface area contributed by atoms with Gasteiger partial charge < -0.3 is 15.2 Å². The summed E-state index contributed by atoms with van der Waals surface area (Å²) in [4.78, 5) is 0. The average molecular weight is 217 g/mol. The quantitative estimate of drug-likeness (QED) is 0.570. The maximum atomic E-state index is 5.79. The van der Waals surface area contributed by atoms with Crippen molar-refractivity contribution in [1.82, 2.24) is 0 Å². The first kappa shape index (κ1) is 14.9. The zero-order chi connectivity index (χ0) is 11.5. The van der Waals surface area contributed by atoms with Crippen LogP contribution in [0.1, 0.15) is 40.0 Å². The molecular weight excluding hydrogens is 190 g/mol. The minimum Gasteiger partial charge on any atom is -0.379 e. The van der Waals surface area contributed by atoms with E-state index in [9.17, 15) is 0 Å². The first-order valence-corrected chi connectivity index (χ1v) is 6.07. The van der Waals surface area contributed by atoms with Gasteiger partial charge in [-0.15, -0.1) is 0 Å². The van der Waals surface area contributed by atoms with E-state index in [-0.39, 0.29) is 0 Å². The van der Waals surface area contributed by atoms with E-state index in [4.69, 9.17) is 15.2 Å². The summed E-state index contributed by atoms with van der Waals surface area (Å²) in [5, 5.41) is 0. The third kappa shape index (κ3) is 11.8. The molecule has 2 N–H and O–H groups in total. The lowest BCUT2D eigenvalue weighted by Gasteiger charge is -2.09. The van der Waals surface area contributed by atoms with E-state index in [1.54, 1.807) is 0 Å². The van der Waals surface area contributed by atoms with Crippen molar-refractivity contribution in [2.75, 3.05) is 26.4 Å². The van der Waals surface area contributed by atoms with Crippen LogP contribution in [-0.2, 0) is 9.47 Å². The van der Waals surface area contributed by atoms with Crippen molar-refractivity contribution >= 4 is 0 Å². The van der Waals surface area contributed by atoms with Crippen LogP contribution in [0.4, 0.5) is 0 Å². The standard InChI is InChI=1S/C12H27NO2/c1-4-12(13)6-5-7-14-8-9-15-10-11(2)3/h11-12H,4-10,13H2,1-3H3. The molecule has 0 amide bonds. The van der Waals surface area contributed by atoms with Gasteiger partial charge in [0.25, 0.3) is 0 Å². The van der Waals surface area contributed by atoms with Crippen molar-refractivity contribution in [3.63, 3.8) is 0 Å². The van der Waals surface area contributed by atoms with Gasteiger partial charge in [-0.05, 0) is 25.2 Å². The summed E-state index contributed by atoms with van der Waals surface area (Å²) in [6, 6.07) is 0.339.